The number of hydrogen-bond acceptors (Lipinski definition) is 1. The normalized spacial score (nSPS) is 12.2. The van der Waals surface area contributed by atoms with E-state index < -0.39 is 5.82 Å². The lowest BCUT2D eigenvalue weighted by Crippen LogP contribution is -2.26. The quantitative estimate of drug-likeness (QED) is 0.622. The molecule has 0 aliphatic rings. The summed E-state index contributed by atoms with van der Waals surface area (Å²) >= 11 is 5.69. The first-order valence-electron chi connectivity index (χ1n) is 6.15. The van der Waals surface area contributed by atoms with Crippen LogP contribution in [0.2, 0.25) is 0 Å². The second-order valence-corrected chi connectivity index (χ2v) is 4.90. The molecule has 4 heteroatoms. The fourth-order valence-electron chi connectivity index (χ4n) is 1.65. The van der Waals surface area contributed by atoms with Crippen LogP contribution in [0.4, 0.5) is 4.39 Å². The zero-order valence-corrected chi connectivity index (χ0v) is 11.6. The predicted octanol–water partition coefficient (Wildman–Crippen LogP) is 3.52. The third-order valence-electron chi connectivity index (χ3n) is 2.86. The van der Waals surface area contributed by atoms with Gasteiger partial charge in [-0.1, -0.05) is 19.1 Å². The summed E-state index contributed by atoms with van der Waals surface area (Å²) in [6, 6.07) is 4.83. The molecule has 1 aromatic carbocycles. The van der Waals surface area contributed by atoms with E-state index in [1.54, 1.807) is 19.1 Å². The smallest absolute Gasteiger partial charge is 0.254 e. The molecule has 0 bridgehead atoms. The van der Waals surface area contributed by atoms with Crippen LogP contribution in [-0.2, 0) is 0 Å². The van der Waals surface area contributed by atoms with Gasteiger partial charge in [0.1, 0.15) is 5.82 Å². The van der Waals surface area contributed by atoms with Crippen molar-refractivity contribution in [1.82, 2.24) is 5.32 Å². The summed E-state index contributed by atoms with van der Waals surface area (Å²) in [5.41, 5.74) is 0.596. The summed E-state index contributed by atoms with van der Waals surface area (Å²) in [6.07, 6.45) is 1.81. The molecule has 0 saturated carbocycles. The lowest BCUT2D eigenvalue weighted by atomic mass is 10.1. The molecule has 2 nitrogen and oxygen atoms in total. The number of halogens is 2. The highest BCUT2D eigenvalue weighted by atomic mass is 35.5. The van der Waals surface area contributed by atoms with Crippen LogP contribution in [0.3, 0.4) is 0 Å². The van der Waals surface area contributed by atoms with Crippen LogP contribution in [0.25, 0.3) is 0 Å². The first kappa shape index (κ1) is 15.0. The summed E-state index contributed by atoms with van der Waals surface area (Å²) in [6.45, 7) is 4.26. The minimum atomic E-state index is -0.441. The topological polar surface area (TPSA) is 29.1 Å². The van der Waals surface area contributed by atoms with E-state index in [1.165, 1.54) is 6.07 Å². The Balaban J connectivity index is 2.44. The van der Waals surface area contributed by atoms with Gasteiger partial charge in [0.25, 0.3) is 5.91 Å². The predicted molar refractivity (Wildman–Crippen MR) is 72.6 cm³/mol. The lowest BCUT2D eigenvalue weighted by Gasteiger charge is -2.09. The minimum absolute atomic E-state index is 0.111. The van der Waals surface area contributed by atoms with Crippen LogP contribution in [0.5, 0.6) is 0 Å². The molecule has 0 aliphatic heterocycles. The standard InChI is InChI=1S/C14H19ClFNO/c1-10(9-15)5-4-8-17-14(18)12-7-3-6-11(2)13(12)16/h3,6-7,10H,4-5,8-9H2,1-2H3,(H,17,18). The van der Waals surface area contributed by atoms with E-state index in [-0.39, 0.29) is 11.5 Å². The van der Waals surface area contributed by atoms with Crippen LogP contribution >= 0.6 is 11.6 Å². The molecule has 1 unspecified atom stereocenters. The molecular weight excluding hydrogens is 253 g/mol. The SMILES string of the molecule is Cc1cccc(C(=O)NCCCC(C)CCl)c1F. The van der Waals surface area contributed by atoms with Crippen molar-refractivity contribution < 1.29 is 9.18 Å². The van der Waals surface area contributed by atoms with Crippen molar-refractivity contribution in [1.29, 1.82) is 0 Å². The van der Waals surface area contributed by atoms with E-state index in [2.05, 4.69) is 12.2 Å². The molecular formula is C14H19ClFNO. The Kier molecular flexibility index (Phi) is 6.13. The second-order valence-electron chi connectivity index (χ2n) is 4.59. The number of carbonyl (C=O) groups is 1. The van der Waals surface area contributed by atoms with Gasteiger partial charge < -0.3 is 5.32 Å². The van der Waals surface area contributed by atoms with Crippen molar-refractivity contribution in [3.63, 3.8) is 0 Å². The third-order valence-corrected chi connectivity index (χ3v) is 3.39. The molecule has 0 radical (unpaired) electrons. The van der Waals surface area contributed by atoms with Gasteiger partial charge in [0.15, 0.2) is 0 Å². The Morgan fingerprint density at radius 2 is 2.22 bits per heavy atom. The maximum atomic E-state index is 13.7. The second kappa shape index (κ2) is 7.37. The molecule has 0 aromatic heterocycles. The Morgan fingerprint density at radius 1 is 1.50 bits per heavy atom. The number of aryl methyl sites for hydroxylation is 1. The molecule has 0 aliphatic carbocycles. The summed E-state index contributed by atoms with van der Waals surface area (Å²) in [5.74, 6) is 0.276. The van der Waals surface area contributed by atoms with E-state index in [9.17, 15) is 9.18 Å². The van der Waals surface area contributed by atoms with Crippen molar-refractivity contribution in [3.8, 4) is 0 Å². The zero-order valence-electron chi connectivity index (χ0n) is 10.8. The minimum Gasteiger partial charge on any atom is -0.352 e. The summed E-state index contributed by atoms with van der Waals surface area (Å²) in [5, 5.41) is 2.72. The first-order chi connectivity index (χ1) is 8.56. The van der Waals surface area contributed by atoms with E-state index >= 15 is 0 Å². The largest absolute Gasteiger partial charge is 0.352 e. The summed E-state index contributed by atoms with van der Waals surface area (Å²) in [4.78, 5) is 11.8. The molecule has 0 heterocycles. The maximum absolute atomic E-state index is 13.7. The summed E-state index contributed by atoms with van der Waals surface area (Å²) < 4.78 is 13.7. The highest BCUT2D eigenvalue weighted by Crippen LogP contribution is 2.12. The van der Waals surface area contributed by atoms with Crippen LogP contribution in [0.1, 0.15) is 35.7 Å². The number of rotatable bonds is 6. The average molecular weight is 272 g/mol. The number of amides is 1. The molecule has 1 amide bonds. The Morgan fingerprint density at radius 3 is 2.89 bits per heavy atom. The van der Waals surface area contributed by atoms with Crippen molar-refractivity contribution in [2.45, 2.75) is 26.7 Å². The Hall–Kier alpha value is -1.09. The van der Waals surface area contributed by atoms with E-state index in [0.717, 1.165) is 12.8 Å². The number of carbonyl (C=O) groups excluding carboxylic acids is 1. The van der Waals surface area contributed by atoms with Gasteiger partial charge in [0, 0.05) is 12.4 Å². The van der Waals surface area contributed by atoms with Crippen LogP contribution < -0.4 is 5.32 Å². The molecule has 18 heavy (non-hydrogen) atoms. The highest BCUT2D eigenvalue weighted by molar-refractivity contribution is 6.18. The Bertz CT molecular complexity index is 409. The Labute approximate surface area is 113 Å². The van der Waals surface area contributed by atoms with Gasteiger partial charge >= 0.3 is 0 Å². The van der Waals surface area contributed by atoms with Gasteiger partial charge in [0.2, 0.25) is 0 Å². The molecule has 0 spiro atoms. The monoisotopic (exact) mass is 271 g/mol. The van der Waals surface area contributed by atoms with E-state index in [0.29, 0.717) is 23.9 Å². The molecule has 1 rings (SSSR count). The van der Waals surface area contributed by atoms with Gasteiger partial charge in [-0.05, 0) is 37.3 Å². The fraction of sp³-hybridized carbons (Fsp3) is 0.500. The van der Waals surface area contributed by atoms with Crippen molar-refractivity contribution in [2.75, 3.05) is 12.4 Å². The fourth-order valence-corrected chi connectivity index (χ4v) is 1.80. The molecule has 1 aromatic rings. The van der Waals surface area contributed by atoms with Gasteiger partial charge in [0.05, 0.1) is 5.56 Å². The first-order valence-corrected chi connectivity index (χ1v) is 6.69. The number of benzene rings is 1. The number of alkyl halides is 1. The van der Waals surface area contributed by atoms with E-state index in [1.807, 2.05) is 0 Å². The van der Waals surface area contributed by atoms with Gasteiger partial charge in [-0.15, -0.1) is 11.6 Å². The van der Waals surface area contributed by atoms with Crippen LogP contribution in [-0.4, -0.2) is 18.3 Å². The van der Waals surface area contributed by atoms with Crippen molar-refractivity contribution >= 4 is 17.5 Å². The molecule has 0 fully saturated rings. The van der Waals surface area contributed by atoms with Crippen LogP contribution in [0, 0.1) is 18.7 Å². The van der Waals surface area contributed by atoms with Crippen LogP contribution in [0.15, 0.2) is 18.2 Å². The van der Waals surface area contributed by atoms with Crippen molar-refractivity contribution in [2.24, 2.45) is 5.92 Å². The number of nitrogens with one attached hydrogen (secondary N) is 1. The lowest BCUT2D eigenvalue weighted by molar-refractivity contribution is 0.0948. The zero-order chi connectivity index (χ0) is 13.5. The van der Waals surface area contributed by atoms with Gasteiger partial charge in [-0.3, -0.25) is 4.79 Å². The molecule has 100 valence electrons. The van der Waals surface area contributed by atoms with Gasteiger partial charge in [-0.2, -0.15) is 0 Å². The molecule has 1 N–H and O–H groups in total. The third kappa shape index (κ3) is 4.30. The number of hydrogen-bond donors (Lipinski definition) is 1. The summed E-state index contributed by atoms with van der Waals surface area (Å²) in [7, 11) is 0. The molecule has 1 atom stereocenters. The van der Waals surface area contributed by atoms with Crippen molar-refractivity contribution in [3.05, 3.63) is 35.1 Å². The van der Waals surface area contributed by atoms with Gasteiger partial charge in [-0.25, -0.2) is 4.39 Å². The maximum Gasteiger partial charge on any atom is 0.254 e. The van der Waals surface area contributed by atoms with E-state index in [4.69, 9.17) is 11.6 Å². The molecule has 0 saturated heterocycles. The highest BCUT2D eigenvalue weighted by Gasteiger charge is 2.12. The average Bonchev–Trinajstić information content (AvgIpc) is 2.37.